The van der Waals surface area contributed by atoms with Gasteiger partial charge in [0, 0.05) is 26.3 Å². The largest absolute Gasteiger partial charge is 0 e. The Morgan fingerprint density at radius 3 is 2.19 bits per heavy atom. The van der Waals surface area contributed by atoms with Crippen LogP contribution < -0.4 is 4.40 Å². The summed E-state index contributed by atoms with van der Waals surface area (Å²) in [6, 6.07) is 40.8. The molecule has 0 N–H and O–H groups in total. The van der Waals surface area contributed by atoms with Crippen molar-refractivity contribution >= 4 is 49.2 Å². The summed E-state index contributed by atoms with van der Waals surface area (Å²) >= 11 is -0.223. The van der Waals surface area contributed by atoms with Crippen LogP contribution >= 0.6 is 11.3 Å². The first kappa shape index (κ1) is 35.8. The zero-order chi connectivity index (χ0) is 33.2. The summed E-state index contributed by atoms with van der Waals surface area (Å²) in [6.07, 6.45) is 4.89. The average molecular weight is 888 g/mol. The second-order valence-corrected chi connectivity index (χ2v) is 25.9. The topological polar surface area (TPSA) is 25.8 Å². The minimum Gasteiger partial charge on any atom is 0 e. The van der Waals surface area contributed by atoms with Crippen LogP contribution in [0.5, 0.6) is 0 Å². The average Bonchev–Trinajstić information content (AvgIpc) is 3.43. The molecule has 0 unspecified atom stereocenters. The summed E-state index contributed by atoms with van der Waals surface area (Å²) in [6.45, 7) is 6.71. The van der Waals surface area contributed by atoms with Gasteiger partial charge in [-0.25, -0.2) is 4.39 Å². The number of halogens is 1. The van der Waals surface area contributed by atoms with E-state index in [9.17, 15) is 4.39 Å². The Labute approximate surface area is 304 Å². The van der Waals surface area contributed by atoms with Crippen LogP contribution in [0.1, 0.15) is 26.3 Å². The first-order valence-electron chi connectivity index (χ1n) is 16.0. The predicted octanol–water partition coefficient (Wildman–Crippen LogP) is 11.4. The second-order valence-electron chi connectivity index (χ2n) is 14.2. The minimum atomic E-state index is -1.72. The monoisotopic (exact) mass is 889 g/mol. The van der Waals surface area contributed by atoms with Gasteiger partial charge in [-0.15, -0.1) is 23.8 Å². The number of hydrogen-bond acceptors (Lipinski definition) is 3. The van der Waals surface area contributed by atoms with E-state index in [2.05, 4.69) is 96.5 Å². The molecule has 0 amide bonds. The number of fused-ring (bicyclic) bond motifs is 3. The molecule has 0 aliphatic heterocycles. The molecule has 4 aromatic carbocycles. The van der Waals surface area contributed by atoms with Gasteiger partial charge in [0.15, 0.2) is 0 Å². The molecule has 7 aromatic rings. The van der Waals surface area contributed by atoms with Crippen LogP contribution in [0.3, 0.4) is 0 Å². The molecular formula is C42H39FGeIrN2S-2. The quantitative estimate of drug-likeness (QED) is 0.127. The van der Waals surface area contributed by atoms with Crippen LogP contribution in [0.2, 0.25) is 17.3 Å². The molecule has 6 heteroatoms. The van der Waals surface area contributed by atoms with Gasteiger partial charge >= 0.3 is 99.8 Å². The molecule has 3 aromatic heterocycles. The van der Waals surface area contributed by atoms with Gasteiger partial charge in [0.1, 0.15) is 5.82 Å². The van der Waals surface area contributed by atoms with Crippen molar-refractivity contribution in [3.8, 4) is 33.6 Å². The molecule has 0 aliphatic rings. The number of benzene rings is 4. The maximum Gasteiger partial charge on any atom is 0 e. The first-order chi connectivity index (χ1) is 22.4. The Bertz CT molecular complexity index is 2130. The van der Waals surface area contributed by atoms with Gasteiger partial charge in [-0.3, -0.25) is 0 Å². The van der Waals surface area contributed by atoms with Crippen molar-refractivity contribution in [1.29, 1.82) is 0 Å². The van der Waals surface area contributed by atoms with E-state index in [1.165, 1.54) is 21.3 Å². The van der Waals surface area contributed by atoms with Crippen molar-refractivity contribution in [3.05, 3.63) is 139 Å². The Balaban J connectivity index is 0.000000224. The zero-order valence-corrected chi connectivity index (χ0v) is 33.5. The molecule has 7 rings (SSSR count). The van der Waals surface area contributed by atoms with E-state index < -0.39 is 13.3 Å². The maximum atomic E-state index is 15.0. The summed E-state index contributed by atoms with van der Waals surface area (Å²) in [5, 5.41) is 1.97. The number of hydrogen-bond donors (Lipinski definition) is 0. The second kappa shape index (κ2) is 15.0. The fourth-order valence-corrected chi connectivity index (χ4v) is 8.89. The number of rotatable bonds is 5. The van der Waals surface area contributed by atoms with Crippen molar-refractivity contribution in [2.24, 2.45) is 5.41 Å². The number of thiophene rings is 1. The van der Waals surface area contributed by atoms with Gasteiger partial charge in [0.05, 0.1) is 4.70 Å². The van der Waals surface area contributed by atoms with Crippen molar-refractivity contribution in [1.82, 2.24) is 9.97 Å². The zero-order valence-electron chi connectivity index (χ0n) is 28.2. The van der Waals surface area contributed by atoms with Crippen molar-refractivity contribution < 1.29 is 24.5 Å². The van der Waals surface area contributed by atoms with Gasteiger partial charge in [-0.05, 0) is 50.9 Å². The molecule has 1 radical (unpaired) electrons. The van der Waals surface area contributed by atoms with E-state index in [1.807, 2.05) is 73.1 Å². The van der Waals surface area contributed by atoms with Crippen molar-refractivity contribution in [3.63, 3.8) is 0 Å². The van der Waals surface area contributed by atoms with Crippen LogP contribution in [0.4, 0.5) is 4.39 Å². The van der Waals surface area contributed by atoms with Crippen LogP contribution in [-0.4, -0.2) is 23.2 Å². The van der Waals surface area contributed by atoms with Gasteiger partial charge < -0.3 is 4.98 Å². The summed E-state index contributed by atoms with van der Waals surface area (Å²) in [5.74, 6) is 6.96. The molecule has 0 saturated carbocycles. The van der Waals surface area contributed by atoms with E-state index in [-0.39, 0.29) is 31.3 Å². The molecule has 0 atom stereocenters. The third-order valence-electron chi connectivity index (χ3n) is 8.02. The fraction of sp³-hybridized carbons (Fsp3) is 0.190. The number of nitrogens with zero attached hydrogens (tertiary/aromatic N) is 2. The minimum absolute atomic E-state index is 0. The van der Waals surface area contributed by atoms with Crippen LogP contribution in [0, 0.1) is 23.4 Å². The standard InChI is InChI=1S/C28H23FNS.C14H16GeN.Ir/c1-28(2,3)17-18-11-12-30-25(13-18)20-9-10-22-23-14-21(19-7-5-4-6-8-19)15-24(29)27(23)31-26(22)16-20;1-15(2,3)13-9-10-14(16-11-13)12-7-5-4-6-8-12;/h4-8,10-16H,17H2,1-3H3;4-7,9-11H,1-3H3;/q2*-1;. The molecule has 0 bridgehead atoms. The molecule has 0 aliphatic carbocycles. The van der Waals surface area contributed by atoms with Crippen molar-refractivity contribution in [2.75, 3.05) is 0 Å². The van der Waals surface area contributed by atoms with E-state index in [1.54, 1.807) is 6.07 Å². The summed E-state index contributed by atoms with van der Waals surface area (Å²) in [5.41, 5.74) is 7.32. The number of pyridine rings is 2. The van der Waals surface area contributed by atoms with Crippen molar-refractivity contribution in [2.45, 2.75) is 44.5 Å². The molecule has 2 nitrogen and oxygen atoms in total. The van der Waals surface area contributed by atoms with Crippen LogP contribution in [-0.2, 0) is 26.5 Å². The molecule has 0 spiro atoms. The van der Waals surface area contributed by atoms with Gasteiger partial charge in [0.25, 0.3) is 0 Å². The van der Waals surface area contributed by atoms with E-state index in [0.717, 1.165) is 55.5 Å². The first-order valence-corrected chi connectivity index (χ1v) is 24.1. The Morgan fingerprint density at radius 2 is 1.52 bits per heavy atom. The summed E-state index contributed by atoms with van der Waals surface area (Å²) in [7, 11) is 0. The van der Waals surface area contributed by atoms with Gasteiger partial charge in [-0.1, -0.05) is 74.2 Å². The SMILES string of the molecule is CC(C)(C)Cc1ccnc(-c2[c-]cc3c(c2)sc2c(F)cc(-c4ccccc4)cc23)c1.[CH3][Ge]([CH3])([CH3])[c]1ccc(-c2[c-]cccc2)nc1.[Ir]. The Morgan fingerprint density at radius 1 is 0.750 bits per heavy atom. The molecular weight excluding hydrogens is 848 g/mol. The Hall–Kier alpha value is -3.48. The van der Waals surface area contributed by atoms with E-state index in [0.29, 0.717) is 4.70 Å². The molecule has 0 fully saturated rings. The maximum absolute atomic E-state index is 15.0. The van der Waals surface area contributed by atoms with Gasteiger partial charge in [0.2, 0.25) is 0 Å². The van der Waals surface area contributed by atoms with Gasteiger partial charge in [-0.2, -0.15) is 11.3 Å². The van der Waals surface area contributed by atoms with E-state index >= 15 is 0 Å². The summed E-state index contributed by atoms with van der Waals surface area (Å²) < 4.78 is 18.2. The number of aromatic nitrogens is 2. The molecule has 48 heavy (non-hydrogen) atoms. The fourth-order valence-electron chi connectivity index (χ4n) is 5.61. The molecule has 3 heterocycles. The van der Waals surface area contributed by atoms with Crippen LogP contribution in [0.15, 0.2) is 116 Å². The Kier molecular flexibility index (Phi) is 11.2. The smallest absolute Gasteiger partial charge is 0 e. The molecule has 0 saturated heterocycles. The van der Waals surface area contributed by atoms with E-state index in [4.69, 9.17) is 0 Å². The third-order valence-corrected chi connectivity index (χ3v) is 13.4. The normalized spacial score (nSPS) is 11.6. The summed E-state index contributed by atoms with van der Waals surface area (Å²) in [4.78, 5) is 9.10. The molecule has 245 valence electrons. The van der Waals surface area contributed by atoms with Crippen LogP contribution in [0.25, 0.3) is 53.8 Å². The predicted molar refractivity (Wildman–Crippen MR) is 201 cm³/mol. The third kappa shape index (κ3) is 8.56.